The number of H-pyrrole nitrogens is 1. The molecule has 4 heterocycles. The van der Waals surface area contributed by atoms with Gasteiger partial charge in [0, 0.05) is 50.7 Å². The Hall–Kier alpha value is -3.40. The van der Waals surface area contributed by atoms with E-state index in [2.05, 4.69) is 25.2 Å². The number of aryl methyl sites for hydroxylation is 1. The van der Waals surface area contributed by atoms with Crippen LogP contribution in [0.15, 0.2) is 29.1 Å². The number of carbonyl (C=O) groups is 1. The number of anilines is 1. The summed E-state index contributed by atoms with van der Waals surface area (Å²) >= 11 is 0. The Morgan fingerprint density at radius 1 is 1.16 bits per heavy atom. The van der Waals surface area contributed by atoms with Crippen LogP contribution >= 0.6 is 0 Å². The molecule has 3 aromatic rings. The van der Waals surface area contributed by atoms with Crippen molar-refractivity contribution >= 4 is 22.6 Å². The maximum atomic E-state index is 14.9. The van der Waals surface area contributed by atoms with Crippen molar-refractivity contribution in [2.75, 3.05) is 38.1 Å². The van der Waals surface area contributed by atoms with E-state index in [4.69, 9.17) is 0 Å². The van der Waals surface area contributed by atoms with Gasteiger partial charge in [-0.25, -0.2) is 14.4 Å². The highest BCUT2D eigenvalue weighted by Gasteiger charge is 2.52. The summed E-state index contributed by atoms with van der Waals surface area (Å²) in [5.41, 5.74) is 1.45. The quantitative estimate of drug-likeness (QED) is 0.599. The molecule has 10 heteroatoms. The highest BCUT2D eigenvalue weighted by molar-refractivity contribution is 5.92. The average molecular weight is 440 g/mol. The number of rotatable bonds is 4. The fraction of sp³-hybridized carbons (Fsp3) is 0.364. The highest BCUT2D eigenvalue weighted by atomic mass is 19.1. The molecule has 1 amide bonds. The van der Waals surface area contributed by atoms with Gasteiger partial charge >= 0.3 is 0 Å². The van der Waals surface area contributed by atoms with Crippen LogP contribution in [0.3, 0.4) is 0 Å². The number of hydrogen-bond acceptors (Lipinski definition) is 6. The normalized spacial score (nSPS) is 17.3. The van der Waals surface area contributed by atoms with Gasteiger partial charge in [0.1, 0.15) is 16.9 Å². The van der Waals surface area contributed by atoms with Crippen molar-refractivity contribution in [1.29, 1.82) is 0 Å². The van der Waals surface area contributed by atoms with Gasteiger partial charge in [0.05, 0.1) is 11.2 Å². The van der Waals surface area contributed by atoms with Crippen LogP contribution in [-0.2, 0) is 6.54 Å². The van der Waals surface area contributed by atoms with Crippen molar-refractivity contribution in [2.24, 2.45) is 5.41 Å². The number of nitrogens with one attached hydrogen (secondary N) is 2. The van der Waals surface area contributed by atoms with Gasteiger partial charge in [-0.15, -0.1) is 0 Å². The van der Waals surface area contributed by atoms with Crippen molar-refractivity contribution in [2.45, 2.75) is 13.5 Å². The van der Waals surface area contributed by atoms with E-state index in [9.17, 15) is 18.4 Å². The van der Waals surface area contributed by atoms with Gasteiger partial charge in [-0.05, 0) is 25.1 Å². The van der Waals surface area contributed by atoms with Crippen LogP contribution < -0.4 is 15.8 Å². The number of pyridine rings is 1. The van der Waals surface area contributed by atoms with E-state index in [1.165, 1.54) is 13.1 Å². The van der Waals surface area contributed by atoms with E-state index in [-0.39, 0.29) is 16.6 Å². The molecule has 0 atom stereocenters. The fourth-order valence-corrected chi connectivity index (χ4v) is 4.68. The summed E-state index contributed by atoms with van der Waals surface area (Å²) in [7, 11) is 1.47. The van der Waals surface area contributed by atoms with Crippen molar-refractivity contribution in [1.82, 2.24) is 25.2 Å². The maximum Gasteiger partial charge on any atom is 0.269 e. The molecule has 0 saturated carbocycles. The molecule has 0 unspecified atom stereocenters. The van der Waals surface area contributed by atoms with E-state index in [1.807, 2.05) is 4.90 Å². The van der Waals surface area contributed by atoms with Gasteiger partial charge in [-0.3, -0.25) is 14.5 Å². The van der Waals surface area contributed by atoms with E-state index in [0.717, 1.165) is 13.1 Å². The number of likely N-dealkylation sites (tertiary alicyclic amines) is 1. The molecule has 5 rings (SSSR count). The zero-order valence-electron chi connectivity index (χ0n) is 17.7. The van der Waals surface area contributed by atoms with Crippen molar-refractivity contribution in [3.8, 4) is 0 Å². The first kappa shape index (κ1) is 20.5. The minimum absolute atomic E-state index is 0.0444. The largest absolute Gasteiger partial charge is 0.366 e. The molecule has 0 radical (unpaired) electrons. The predicted octanol–water partition coefficient (Wildman–Crippen LogP) is 1.59. The summed E-state index contributed by atoms with van der Waals surface area (Å²) in [4.78, 5) is 37.9. The van der Waals surface area contributed by atoms with Crippen LogP contribution in [0.25, 0.3) is 11.0 Å². The number of hydrogen-bond donors (Lipinski definition) is 2. The number of benzene rings is 1. The Bertz CT molecular complexity index is 1290. The topological polar surface area (TPSA) is 94.2 Å². The van der Waals surface area contributed by atoms with Gasteiger partial charge in [0.25, 0.3) is 11.5 Å². The molecular weight excluding hydrogens is 418 g/mol. The van der Waals surface area contributed by atoms with Gasteiger partial charge in [-0.1, -0.05) is 6.07 Å². The molecule has 2 aliphatic rings. The first-order valence-corrected chi connectivity index (χ1v) is 10.3. The predicted molar refractivity (Wildman–Crippen MR) is 115 cm³/mol. The summed E-state index contributed by atoms with van der Waals surface area (Å²) in [6, 6.07) is 6.51. The lowest BCUT2D eigenvalue weighted by Crippen LogP contribution is -2.72. The smallest absolute Gasteiger partial charge is 0.269 e. The van der Waals surface area contributed by atoms with Gasteiger partial charge in [0.15, 0.2) is 5.82 Å². The number of halogens is 2. The van der Waals surface area contributed by atoms with Gasteiger partial charge < -0.3 is 15.2 Å². The third-order valence-corrected chi connectivity index (χ3v) is 6.25. The van der Waals surface area contributed by atoms with E-state index < -0.39 is 23.2 Å². The molecule has 0 aliphatic carbocycles. The molecular formula is C22H22F2N6O2. The minimum Gasteiger partial charge on any atom is -0.366 e. The molecule has 32 heavy (non-hydrogen) atoms. The second-order valence-electron chi connectivity index (χ2n) is 8.67. The molecule has 2 aromatic heterocycles. The van der Waals surface area contributed by atoms with Gasteiger partial charge in [-0.2, -0.15) is 4.39 Å². The van der Waals surface area contributed by atoms with Crippen LogP contribution in [0.4, 0.5) is 14.5 Å². The molecule has 8 nitrogen and oxygen atoms in total. The van der Waals surface area contributed by atoms with E-state index in [1.54, 1.807) is 25.1 Å². The average Bonchev–Trinajstić information content (AvgIpc) is 2.71. The number of amides is 1. The standard InChI is InChI=1S/C22H22F2N6O2/c1-12-20(31)28-18-14(26-12)4-3-13(17(18)23)7-29-8-22(9-29)10-30(11-22)16-6-5-15(21(32)25-2)27-19(16)24/h3-6H,7-11H2,1-2H3,(H,25,32)(H,28,31). The summed E-state index contributed by atoms with van der Waals surface area (Å²) in [5, 5.41) is 2.43. The minimum atomic E-state index is -0.659. The monoisotopic (exact) mass is 440 g/mol. The number of aromatic nitrogens is 3. The van der Waals surface area contributed by atoms with Crippen molar-refractivity contribution in [3.05, 3.63) is 63.3 Å². The zero-order chi connectivity index (χ0) is 22.6. The van der Waals surface area contributed by atoms with Crippen LogP contribution in [0, 0.1) is 24.1 Å². The Labute approximate surface area is 182 Å². The number of aromatic amines is 1. The summed E-state index contributed by atoms with van der Waals surface area (Å²) in [6.45, 7) is 4.92. The Balaban J connectivity index is 1.22. The lowest BCUT2D eigenvalue weighted by molar-refractivity contribution is -0.0281. The molecule has 2 aliphatic heterocycles. The maximum absolute atomic E-state index is 14.9. The highest BCUT2D eigenvalue weighted by Crippen LogP contribution is 2.43. The number of carbonyl (C=O) groups excluding carboxylic acids is 1. The summed E-state index contributed by atoms with van der Waals surface area (Å²) in [6.07, 6.45) is 0. The van der Waals surface area contributed by atoms with E-state index >= 15 is 0 Å². The Morgan fingerprint density at radius 2 is 1.91 bits per heavy atom. The first-order valence-electron chi connectivity index (χ1n) is 10.3. The van der Waals surface area contributed by atoms with Crippen LogP contribution in [0.2, 0.25) is 0 Å². The molecule has 1 aromatic carbocycles. The Morgan fingerprint density at radius 3 is 2.59 bits per heavy atom. The van der Waals surface area contributed by atoms with Crippen molar-refractivity contribution in [3.63, 3.8) is 0 Å². The molecule has 2 N–H and O–H groups in total. The van der Waals surface area contributed by atoms with Crippen LogP contribution in [0.5, 0.6) is 0 Å². The van der Waals surface area contributed by atoms with Gasteiger partial charge in [0.2, 0.25) is 5.95 Å². The second-order valence-corrected chi connectivity index (χ2v) is 8.67. The molecule has 1 spiro atoms. The fourth-order valence-electron chi connectivity index (χ4n) is 4.68. The molecule has 166 valence electrons. The third kappa shape index (κ3) is 3.31. The zero-order valence-corrected chi connectivity index (χ0v) is 17.7. The lowest BCUT2D eigenvalue weighted by atomic mass is 9.72. The van der Waals surface area contributed by atoms with E-state index in [0.29, 0.717) is 42.1 Å². The Kier molecular flexibility index (Phi) is 4.70. The third-order valence-electron chi connectivity index (χ3n) is 6.25. The van der Waals surface area contributed by atoms with Crippen LogP contribution in [-0.4, -0.2) is 59.0 Å². The molecule has 2 fully saturated rings. The molecule has 0 bridgehead atoms. The SMILES string of the molecule is CNC(=O)c1ccc(N2CC3(CN(Cc4ccc5nc(C)c(=O)[nH]c5c4F)C3)C2)c(F)n1. The van der Waals surface area contributed by atoms with Crippen LogP contribution in [0.1, 0.15) is 21.7 Å². The number of fused-ring (bicyclic) bond motifs is 1. The molecule has 2 saturated heterocycles. The summed E-state index contributed by atoms with van der Waals surface area (Å²) < 4.78 is 29.3. The van der Waals surface area contributed by atoms with Crippen molar-refractivity contribution < 1.29 is 13.6 Å². The first-order chi connectivity index (χ1) is 15.3. The summed E-state index contributed by atoms with van der Waals surface area (Å²) in [5.74, 6) is -1.54. The second kappa shape index (κ2) is 7.33. The lowest BCUT2D eigenvalue weighted by Gasteiger charge is -2.61. The number of nitrogens with zero attached hydrogens (tertiary/aromatic N) is 4.